The monoisotopic (exact) mass is 421 g/mol. The van der Waals surface area contributed by atoms with E-state index in [0.29, 0.717) is 17.0 Å². The quantitative estimate of drug-likeness (QED) is 0.748. The molecule has 1 amide bonds. The maximum atomic E-state index is 13.5. The van der Waals surface area contributed by atoms with E-state index in [9.17, 15) is 18.0 Å². The summed E-state index contributed by atoms with van der Waals surface area (Å²) in [6.07, 6.45) is 1.13. The Bertz CT molecular complexity index is 902. The molecule has 4 nitrogen and oxygen atoms in total. The molecule has 1 atom stereocenters. The molecule has 3 heterocycles. The highest BCUT2D eigenvalue weighted by Crippen LogP contribution is 2.47. The fourth-order valence-corrected chi connectivity index (χ4v) is 5.12. The van der Waals surface area contributed by atoms with Crippen molar-refractivity contribution >= 4 is 17.7 Å². The number of aromatic nitrogens is 2. The Morgan fingerprint density at radius 3 is 2.59 bits per heavy atom. The average Bonchev–Trinajstić information content (AvgIpc) is 3.36. The fraction of sp³-hybridized carbons (Fsp3) is 0.429. The van der Waals surface area contributed by atoms with Crippen LogP contribution < -0.4 is 0 Å². The molecule has 154 valence electrons. The predicted molar refractivity (Wildman–Crippen MR) is 106 cm³/mol. The van der Waals surface area contributed by atoms with Gasteiger partial charge in [-0.2, -0.15) is 18.3 Å². The lowest BCUT2D eigenvalue weighted by Crippen LogP contribution is -2.35. The predicted octanol–water partition coefficient (Wildman–Crippen LogP) is 5.09. The summed E-state index contributed by atoms with van der Waals surface area (Å²) in [7, 11) is 0. The highest BCUT2D eigenvalue weighted by molar-refractivity contribution is 8.04. The van der Waals surface area contributed by atoms with Gasteiger partial charge in [0, 0.05) is 25.1 Å². The number of nitrogens with one attached hydrogen (secondary N) is 1. The molecule has 2 aliphatic rings. The van der Waals surface area contributed by atoms with Crippen LogP contribution in [0.4, 0.5) is 13.2 Å². The van der Waals surface area contributed by atoms with E-state index in [1.165, 1.54) is 11.8 Å². The van der Waals surface area contributed by atoms with Gasteiger partial charge in [-0.1, -0.05) is 36.4 Å². The SMILES string of the molecule is O=C(C1=CCC(c2[nH]nc(C(F)(F)F)c2Cc2ccccc2)S1)N1CCCCC1. The van der Waals surface area contributed by atoms with Gasteiger partial charge in [-0.3, -0.25) is 9.89 Å². The summed E-state index contributed by atoms with van der Waals surface area (Å²) in [6.45, 7) is 1.51. The molecule has 2 aliphatic heterocycles. The number of benzene rings is 1. The molecule has 1 aromatic heterocycles. The first-order valence-corrected chi connectivity index (χ1v) is 10.7. The Kier molecular flexibility index (Phi) is 5.72. The molecule has 0 aliphatic carbocycles. The van der Waals surface area contributed by atoms with Gasteiger partial charge in [-0.05, 0) is 31.2 Å². The largest absolute Gasteiger partial charge is 0.435 e. The van der Waals surface area contributed by atoms with Crippen molar-refractivity contribution in [1.82, 2.24) is 15.1 Å². The highest BCUT2D eigenvalue weighted by atomic mass is 32.2. The molecule has 4 rings (SSSR count). The van der Waals surface area contributed by atoms with Gasteiger partial charge >= 0.3 is 6.18 Å². The van der Waals surface area contributed by atoms with E-state index in [0.717, 1.165) is 37.9 Å². The standard InChI is InChI=1S/C21H22F3N3OS/c22-21(23,24)19-15(13-14-7-3-1-4-8-14)18(25-26-19)16-9-10-17(29-16)20(28)27-11-5-2-6-12-27/h1,3-4,7-8,10,16H,2,5-6,9,11-13H2,(H,25,26). The molecular formula is C21H22F3N3OS. The summed E-state index contributed by atoms with van der Waals surface area (Å²) in [5.74, 6) is -0.00244. The number of thioether (sulfide) groups is 1. The van der Waals surface area contributed by atoms with Crippen LogP contribution in [-0.2, 0) is 17.4 Å². The van der Waals surface area contributed by atoms with Crippen LogP contribution >= 0.6 is 11.8 Å². The van der Waals surface area contributed by atoms with Crippen LogP contribution in [0.3, 0.4) is 0 Å². The average molecular weight is 421 g/mol. The number of alkyl halides is 3. The lowest BCUT2D eigenvalue weighted by Gasteiger charge is -2.27. The van der Waals surface area contributed by atoms with Crippen molar-refractivity contribution in [1.29, 1.82) is 0 Å². The smallest absolute Gasteiger partial charge is 0.338 e. The van der Waals surface area contributed by atoms with Gasteiger partial charge in [0.15, 0.2) is 5.69 Å². The van der Waals surface area contributed by atoms with Gasteiger partial charge in [0.25, 0.3) is 5.91 Å². The number of aromatic amines is 1. The molecule has 0 saturated carbocycles. The van der Waals surface area contributed by atoms with E-state index >= 15 is 0 Å². The number of carbonyl (C=O) groups is 1. The lowest BCUT2D eigenvalue weighted by atomic mass is 10.00. The first-order valence-electron chi connectivity index (χ1n) is 9.78. The summed E-state index contributed by atoms with van der Waals surface area (Å²) in [5, 5.41) is 5.98. The van der Waals surface area contributed by atoms with Gasteiger partial charge in [0.2, 0.25) is 0 Å². The zero-order valence-electron chi connectivity index (χ0n) is 15.8. The molecule has 0 spiro atoms. The van der Waals surface area contributed by atoms with Crippen LogP contribution in [0.5, 0.6) is 0 Å². The van der Waals surface area contributed by atoms with Crippen LogP contribution in [0.2, 0.25) is 0 Å². The second-order valence-corrected chi connectivity index (χ2v) is 8.63. The van der Waals surface area contributed by atoms with Gasteiger partial charge in [-0.15, -0.1) is 11.8 Å². The van der Waals surface area contributed by atoms with Crippen molar-refractivity contribution in [2.24, 2.45) is 0 Å². The third-order valence-electron chi connectivity index (χ3n) is 5.35. The zero-order chi connectivity index (χ0) is 20.4. The third-order valence-corrected chi connectivity index (χ3v) is 6.66. The number of H-pyrrole nitrogens is 1. The van der Waals surface area contributed by atoms with Crippen molar-refractivity contribution < 1.29 is 18.0 Å². The second-order valence-electron chi connectivity index (χ2n) is 7.39. The Morgan fingerprint density at radius 1 is 1.17 bits per heavy atom. The van der Waals surface area contributed by atoms with E-state index in [1.54, 1.807) is 0 Å². The van der Waals surface area contributed by atoms with Crippen LogP contribution in [0.25, 0.3) is 0 Å². The van der Waals surface area contributed by atoms with E-state index in [2.05, 4.69) is 10.2 Å². The molecule has 1 fully saturated rings. The number of allylic oxidation sites excluding steroid dienone is 1. The van der Waals surface area contributed by atoms with E-state index in [1.807, 2.05) is 41.3 Å². The molecule has 0 bridgehead atoms. The van der Waals surface area contributed by atoms with E-state index in [4.69, 9.17) is 0 Å². The minimum absolute atomic E-state index is 0.00244. The molecule has 2 aromatic rings. The minimum atomic E-state index is -4.53. The summed E-state index contributed by atoms with van der Waals surface area (Å²) in [5.41, 5.74) is 0.555. The van der Waals surface area contributed by atoms with Crippen molar-refractivity contribution in [3.8, 4) is 0 Å². The number of piperidine rings is 1. The number of amides is 1. The molecular weight excluding hydrogens is 399 g/mol. The number of halogens is 3. The maximum absolute atomic E-state index is 13.5. The number of carbonyl (C=O) groups excluding carboxylic acids is 1. The summed E-state index contributed by atoms with van der Waals surface area (Å²) in [4.78, 5) is 15.2. The van der Waals surface area contributed by atoms with Crippen LogP contribution in [-0.4, -0.2) is 34.1 Å². The highest BCUT2D eigenvalue weighted by Gasteiger charge is 2.40. The van der Waals surface area contributed by atoms with Gasteiger partial charge in [0.05, 0.1) is 15.8 Å². The Hall–Kier alpha value is -2.22. The van der Waals surface area contributed by atoms with Gasteiger partial charge in [0.1, 0.15) is 0 Å². The number of rotatable bonds is 4. The molecule has 1 N–H and O–H groups in total. The van der Waals surface area contributed by atoms with Crippen molar-refractivity contribution in [2.45, 2.75) is 43.5 Å². The van der Waals surface area contributed by atoms with Crippen molar-refractivity contribution in [2.75, 3.05) is 13.1 Å². The summed E-state index contributed by atoms with van der Waals surface area (Å²) >= 11 is 1.35. The van der Waals surface area contributed by atoms with Crippen LogP contribution in [0.15, 0.2) is 41.3 Å². The summed E-state index contributed by atoms with van der Waals surface area (Å²) in [6, 6.07) is 9.07. The van der Waals surface area contributed by atoms with Crippen LogP contribution in [0.1, 0.15) is 53.4 Å². The molecule has 0 radical (unpaired) electrons. The first kappa shape index (κ1) is 20.1. The van der Waals surface area contributed by atoms with Crippen molar-refractivity contribution in [3.63, 3.8) is 0 Å². The third kappa shape index (κ3) is 4.37. The summed E-state index contributed by atoms with van der Waals surface area (Å²) < 4.78 is 40.6. The van der Waals surface area contributed by atoms with Crippen molar-refractivity contribution in [3.05, 3.63) is 63.8 Å². The minimum Gasteiger partial charge on any atom is -0.338 e. The lowest BCUT2D eigenvalue weighted by molar-refractivity contribution is -0.141. The fourth-order valence-electron chi connectivity index (χ4n) is 3.89. The topological polar surface area (TPSA) is 49.0 Å². The van der Waals surface area contributed by atoms with Crippen LogP contribution in [0, 0.1) is 0 Å². The number of hydrogen-bond acceptors (Lipinski definition) is 3. The Morgan fingerprint density at radius 2 is 1.90 bits per heavy atom. The molecule has 29 heavy (non-hydrogen) atoms. The van der Waals surface area contributed by atoms with E-state index < -0.39 is 11.9 Å². The Balaban J connectivity index is 1.56. The number of hydrogen-bond donors (Lipinski definition) is 1. The molecule has 1 saturated heterocycles. The normalized spacial score (nSPS) is 20.0. The van der Waals surface area contributed by atoms with Gasteiger partial charge in [-0.25, -0.2) is 0 Å². The Labute approximate surface area is 171 Å². The second kappa shape index (κ2) is 8.26. The zero-order valence-corrected chi connectivity index (χ0v) is 16.7. The number of nitrogens with zero attached hydrogens (tertiary/aromatic N) is 2. The molecule has 1 unspecified atom stereocenters. The molecule has 8 heteroatoms. The maximum Gasteiger partial charge on any atom is 0.435 e. The van der Waals surface area contributed by atoms with E-state index in [-0.39, 0.29) is 23.1 Å². The van der Waals surface area contributed by atoms with Gasteiger partial charge < -0.3 is 4.90 Å². The number of likely N-dealkylation sites (tertiary alicyclic amines) is 1. The first-order chi connectivity index (χ1) is 13.9. The molecule has 1 aromatic carbocycles.